The van der Waals surface area contributed by atoms with E-state index in [0.29, 0.717) is 31.4 Å². The molecule has 0 bridgehead atoms. The normalized spacial score (nSPS) is 19.7. The van der Waals surface area contributed by atoms with Gasteiger partial charge in [-0.3, -0.25) is 10.1 Å². The molecule has 1 aliphatic heterocycles. The molecule has 1 N–H and O–H groups in total. The molecule has 1 saturated heterocycles. The number of nitrogens with zero attached hydrogens (tertiary/aromatic N) is 3. The first-order valence-electron chi connectivity index (χ1n) is 5.81. The van der Waals surface area contributed by atoms with Crippen LogP contribution >= 0.6 is 0 Å². The molecule has 2 rings (SSSR count). The highest BCUT2D eigenvalue weighted by Crippen LogP contribution is 2.29. The number of nitrogens with one attached hydrogen (secondary N) is 1. The van der Waals surface area contributed by atoms with E-state index in [1.165, 1.54) is 6.07 Å². The Morgan fingerprint density at radius 3 is 3.00 bits per heavy atom. The van der Waals surface area contributed by atoms with Crippen molar-refractivity contribution in [1.29, 1.82) is 0 Å². The van der Waals surface area contributed by atoms with Crippen molar-refractivity contribution in [2.45, 2.75) is 13.0 Å². The van der Waals surface area contributed by atoms with Gasteiger partial charge in [-0.1, -0.05) is 0 Å². The van der Waals surface area contributed by atoms with Crippen LogP contribution in [0.4, 0.5) is 17.3 Å². The van der Waals surface area contributed by atoms with Crippen molar-refractivity contribution in [1.82, 2.24) is 4.98 Å². The summed E-state index contributed by atoms with van der Waals surface area (Å²) >= 11 is 0. The quantitative estimate of drug-likeness (QED) is 0.644. The largest absolute Gasteiger partial charge is 0.377 e. The molecule has 0 aromatic carbocycles. The van der Waals surface area contributed by atoms with E-state index in [1.54, 1.807) is 13.1 Å². The highest BCUT2D eigenvalue weighted by molar-refractivity contribution is 5.62. The minimum atomic E-state index is -0.399. The van der Waals surface area contributed by atoms with Gasteiger partial charge in [-0.25, -0.2) is 4.98 Å². The Balaban J connectivity index is 2.42. The van der Waals surface area contributed by atoms with Crippen molar-refractivity contribution in [2.75, 3.05) is 37.0 Å². The van der Waals surface area contributed by atoms with Crippen LogP contribution in [-0.4, -0.2) is 42.8 Å². The molecule has 7 nitrogen and oxygen atoms in total. The second-order valence-electron chi connectivity index (χ2n) is 4.16. The van der Waals surface area contributed by atoms with Crippen LogP contribution in [0.3, 0.4) is 0 Å². The molecule has 1 aliphatic rings. The molecule has 0 spiro atoms. The SMILES string of the molecule is CNc1ccc([N+](=O)[O-])c(N2CCOCC2C)n1. The summed E-state index contributed by atoms with van der Waals surface area (Å²) in [5.41, 5.74) is 0.0303. The van der Waals surface area contributed by atoms with E-state index in [1.807, 2.05) is 11.8 Å². The summed E-state index contributed by atoms with van der Waals surface area (Å²) in [5.74, 6) is 1.02. The average Bonchev–Trinajstić information content (AvgIpc) is 2.38. The smallest absolute Gasteiger partial charge is 0.311 e. The Labute approximate surface area is 105 Å². The average molecular weight is 252 g/mol. The topological polar surface area (TPSA) is 80.5 Å². The van der Waals surface area contributed by atoms with Gasteiger partial charge in [0.05, 0.1) is 24.2 Å². The molecular weight excluding hydrogens is 236 g/mol. The summed E-state index contributed by atoms with van der Waals surface area (Å²) < 4.78 is 5.34. The monoisotopic (exact) mass is 252 g/mol. The number of ether oxygens (including phenoxy) is 1. The van der Waals surface area contributed by atoms with Crippen LogP contribution in [-0.2, 0) is 4.74 Å². The lowest BCUT2D eigenvalue weighted by atomic mass is 10.2. The van der Waals surface area contributed by atoms with Crippen LogP contribution in [0.2, 0.25) is 0 Å². The molecular formula is C11H16N4O3. The summed E-state index contributed by atoms with van der Waals surface area (Å²) in [7, 11) is 1.74. The fourth-order valence-electron chi connectivity index (χ4n) is 1.98. The fraction of sp³-hybridized carbons (Fsp3) is 0.545. The van der Waals surface area contributed by atoms with Crippen molar-refractivity contribution in [3.05, 3.63) is 22.2 Å². The predicted molar refractivity (Wildman–Crippen MR) is 68.1 cm³/mol. The zero-order valence-corrected chi connectivity index (χ0v) is 10.4. The van der Waals surface area contributed by atoms with E-state index >= 15 is 0 Å². The first-order chi connectivity index (χ1) is 8.63. The third-order valence-corrected chi connectivity index (χ3v) is 2.95. The molecule has 0 aliphatic carbocycles. The summed E-state index contributed by atoms with van der Waals surface area (Å²) in [5, 5.41) is 14.0. The summed E-state index contributed by atoms with van der Waals surface area (Å²) in [4.78, 5) is 16.9. The molecule has 18 heavy (non-hydrogen) atoms. The first-order valence-corrected chi connectivity index (χ1v) is 5.81. The minimum Gasteiger partial charge on any atom is -0.377 e. The van der Waals surface area contributed by atoms with Crippen molar-refractivity contribution in [2.24, 2.45) is 0 Å². The highest BCUT2D eigenvalue weighted by atomic mass is 16.6. The summed E-state index contributed by atoms with van der Waals surface area (Å²) in [6.45, 7) is 3.70. The molecule has 0 radical (unpaired) electrons. The maximum atomic E-state index is 11.1. The van der Waals surface area contributed by atoms with Crippen molar-refractivity contribution in [3.8, 4) is 0 Å². The Morgan fingerprint density at radius 2 is 2.39 bits per heavy atom. The van der Waals surface area contributed by atoms with Crippen molar-refractivity contribution in [3.63, 3.8) is 0 Å². The summed E-state index contributed by atoms with van der Waals surface area (Å²) in [6.07, 6.45) is 0. The Hall–Kier alpha value is -1.89. The number of aromatic nitrogens is 1. The summed E-state index contributed by atoms with van der Waals surface area (Å²) in [6, 6.07) is 3.17. The van der Waals surface area contributed by atoms with Crippen LogP contribution in [0.5, 0.6) is 0 Å². The number of hydrogen-bond acceptors (Lipinski definition) is 6. The molecule has 1 aromatic rings. The number of morpholine rings is 1. The third kappa shape index (κ3) is 2.35. The van der Waals surface area contributed by atoms with Gasteiger partial charge in [0.2, 0.25) is 5.82 Å². The predicted octanol–water partition coefficient (Wildman–Crippen LogP) is 1.26. The second kappa shape index (κ2) is 5.18. The standard InChI is InChI=1S/C11H16N4O3/c1-8-7-18-6-5-14(8)11-9(15(16)17)3-4-10(12-2)13-11/h3-4,8H,5-7H2,1-2H3,(H,12,13). The second-order valence-corrected chi connectivity index (χ2v) is 4.16. The maximum Gasteiger partial charge on any atom is 0.311 e. The van der Waals surface area contributed by atoms with E-state index in [-0.39, 0.29) is 11.7 Å². The molecule has 1 aromatic heterocycles. The molecule has 0 amide bonds. The van der Waals surface area contributed by atoms with E-state index in [2.05, 4.69) is 10.3 Å². The third-order valence-electron chi connectivity index (χ3n) is 2.95. The van der Waals surface area contributed by atoms with E-state index in [0.717, 1.165) is 0 Å². The molecule has 0 saturated carbocycles. The van der Waals surface area contributed by atoms with Gasteiger partial charge in [0.15, 0.2) is 0 Å². The molecule has 1 unspecified atom stereocenters. The molecule has 7 heteroatoms. The first kappa shape index (κ1) is 12.6. The molecule has 2 heterocycles. The zero-order valence-electron chi connectivity index (χ0n) is 10.4. The molecule has 1 fully saturated rings. The van der Waals surface area contributed by atoms with Crippen LogP contribution in [0.25, 0.3) is 0 Å². The molecule has 1 atom stereocenters. The maximum absolute atomic E-state index is 11.1. The number of hydrogen-bond donors (Lipinski definition) is 1. The Kier molecular flexibility index (Phi) is 3.61. The van der Waals surface area contributed by atoms with Crippen LogP contribution in [0, 0.1) is 10.1 Å². The van der Waals surface area contributed by atoms with E-state index in [9.17, 15) is 10.1 Å². The van der Waals surface area contributed by atoms with Crippen LogP contribution in [0.15, 0.2) is 12.1 Å². The van der Waals surface area contributed by atoms with E-state index in [4.69, 9.17) is 4.74 Å². The minimum absolute atomic E-state index is 0.0303. The Morgan fingerprint density at radius 1 is 1.61 bits per heavy atom. The van der Waals surface area contributed by atoms with Gasteiger partial charge in [-0.15, -0.1) is 0 Å². The molecule has 98 valence electrons. The highest BCUT2D eigenvalue weighted by Gasteiger charge is 2.27. The number of rotatable bonds is 3. The zero-order chi connectivity index (χ0) is 13.1. The Bertz CT molecular complexity index is 452. The van der Waals surface area contributed by atoms with Gasteiger partial charge in [0.1, 0.15) is 5.82 Å². The van der Waals surface area contributed by atoms with Crippen molar-refractivity contribution >= 4 is 17.3 Å². The number of nitro groups is 1. The van der Waals surface area contributed by atoms with Crippen molar-refractivity contribution < 1.29 is 9.66 Å². The van der Waals surface area contributed by atoms with Gasteiger partial charge in [-0.2, -0.15) is 0 Å². The number of pyridine rings is 1. The van der Waals surface area contributed by atoms with Gasteiger partial charge >= 0.3 is 5.69 Å². The van der Waals surface area contributed by atoms with Gasteiger partial charge in [0.25, 0.3) is 0 Å². The van der Waals surface area contributed by atoms with Crippen LogP contribution < -0.4 is 10.2 Å². The lowest BCUT2D eigenvalue weighted by Crippen LogP contribution is -2.44. The van der Waals surface area contributed by atoms with Crippen LogP contribution in [0.1, 0.15) is 6.92 Å². The fourth-order valence-corrected chi connectivity index (χ4v) is 1.98. The lowest BCUT2D eigenvalue weighted by Gasteiger charge is -2.33. The van der Waals surface area contributed by atoms with Gasteiger partial charge in [0, 0.05) is 19.7 Å². The lowest BCUT2D eigenvalue weighted by molar-refractivity contribution is -0.384. The van der Waals surface area contributed by atoms with Gasteiger partial charge < -0.3 is 15.0 Å². The van der Waals surface area contributed by atoms with E-state index < -0.39 is 4.92 Å². The number of anilines is 2. The van der Waals surface area contributed by atoms with Gasteiger partial charge in [-0.05, 0) is 13.0 Å².